The Labute approximate surface area is 117 Å². The Bertz CT molecular complexity index is 552. The van der Waals surface area contributed by atoms with Gasteiger partial charge in [0, 0.05) is 22.4 Å². The van der Waals surface area contributed by atoms with Crippen molar-refractivity contribution in [3.05, 3.63) is 28.0 Å². The second-order valence-corrected chi connectivity index (χ2v) is 5.66. The normalized spacial score (nSPS) is 12.2. The molecule has 0 saturated heterocycles. The number of nitrogen functional groups attached to an aromatic ring is 1. The quantitative estimate of drug-likeness (QED) is 0.783. The summed E-state index contributed by atoms with van der Waals surface area (Å²) >= 11 is 1.78. The predicted molar refractivity (Wildman–Crippen MR) is 81.7 cm³/mol. The van der Waals surface area contributed by atoms with Crippen molar-refractivity contribution in [1.29, 1.82) is 0 Å². The Balaban J connectivity index is 2.14. The summed E-state index contributed by atoms with van der Waals surface area (Å²) in [6.07, 6.45) is 0. The fraction of sp³-hybridized carbons (Fsp3) is 0.385. The topological polar surface area (TPSA) is 75.9 Å². The largest absolute Gasteiger partial charge is 0.370 e. The second-order valence-electron chi connectivity index (χ2n) is 4.34. The number of rotatable bonds is 5. The van der Waals surface area contributed by atoms with E-state index in [1.165, 1.54) is 9.75 Å². The molecule has 6 heteroatoms. The standard InChI is InChI=1S/C13H19N5S/c1-4-15-11-7-12(18-13(14)17-11)16-9(3)10-6-5-8(2)19-10/h5-7,9H,4H2,1-3H3,(H4,14,15,16,17,18). The highest BCUT2D eigenvalue weighted by Crippen LogP contribution is 2.25. The van der Waals surface area contributed by atoms with Crippen LogP contribution in [0.2, 0.25) is 0 Å². The van der Waals surface area contributed by atoms with Crippen molar-refractivity contribution >= 4 is 28.9 Å². The molecule has 0 bridgehead atoms. The average molecular weight is 277 g/mol. The van der Waals surface area contributed by atoms with Gasteiger partial charge in [-0.2, -0.15) is 9.97 Å². The van der Waals surface area contributed by atoms with Gasteiger partial charge in [-0.3, -0.25) is 0 Å². The molecule has 0 aliphatic rings. The zero-order chi connectivity index (χ0) is 13.8. The summed E-state index contributed by atoms with van der Waals surface area (Å²) in [6.45, 7) is 7.03. The molecule has 2 aromatic heterocycles. The van der Waals surface area contributed by atoms with Gasteiger partial charge in [0.15, 0.2) is 0 Å². The smallest absolute Gasteiger partial charge is 0.223 e. The Morgan fingerprint density at radius 3 is 2.68 bits per heavy atom. The molecule has 102 valence electrons. The van der Waals surface area contributed by atoms with Crippen LogP contribution in [0.3, 0.4) is 0 Å². The Morgan fingerprint density at radius 1 is 1.32 bits per heavy atom. The van der Waals surface area contributed by atoms with Crippen molar-refractivity contribution in [3.63, 3.8) is 0 Å². The summed E-state index contributed by atoms with van der Waals surface area (Å²) in [6, 6.07) is 6.32. The maximum Gasteiger partial charge on any atom is 0.223 e. The number of hydrogen-bond acceptors (Lipinski definition) is 6. The minimum Gasteiger partial charge on any atom is -0.370 e. The van der Waals surface area contributed by atoms with E-state index in [2.05, 4.69) is 46.6 Å². The number of hydrogen-bond donors (Lipinski definition) is 3. The Hall–Kier alpha value is -1.82. The number of nitrogens with one attached hydrogen (secondary N) is 2. The number of aryl methyl sites for hydroxylation is 1. The van der Waals surface area contributed by atoms with Crippen LogP contribution >= 0.6 is 11.3 Å². The SMILES string of the molecule is CCNc1cc(NC(C)c2ccc(C)s2)nc(N)n1. The molecule has 2 aromatic rings. The molecule has 0 radical (unpaired) electrons. The second kappa shape index (κ2) is 5.88. The third-order valence-electron chi connectivity index (χ3n) is 2.65. The zero-order valence-electron chi connectivity index (χ0n) is 11.4. The van der Waals surface area contributed by atoms with E-state index in [-0.39, 0.29) is 12.0 Å². The molecule has 0 spiro atoms. The van der Waals surface area contributed by atoms with E-state index in [1.54, 1.807) is 11.3 Å². The van der Waals surface area contributed by atoms with Gasteiger partial charge >= 0.3 is 0 Å². The molecule has 19 heavy (non-hydrogen) atoms. The van der Waals surface area contributed by atoms with Gasteiger partial charge in [0.2, 0.25) is 5.95 Å². The third-order valence-corrected chi connectivity index (χ3v) is 3.84. The van der Waals surface area contributed by atoms with E-state index in [9.17, 15) is 0 Å². The summed E-state index contributed by atoms with van der Waals surface area (Å²) in [4.78, 5) is 10.9. The molecule has 0 aliphatic heterocycles. The summed E-state index contributed by atoms with van der Waals surface area (Å²) < 4.78 is 0. The average Bonchev–Trinajstić information content (AvgIpc) is 2.75. The summed E-state index contributed by atoms with van der Waals surface area (Å²) in [5, 5.41) is 6.49. The Morgan fingerprint density at radius 2 is 2.05 bits per heavy atom. The van der Waals surface area contributed by atoms with Crippen LogP contribution in [0.5, 0.6) is 0 Å². The van der Waals surface area contributed by atoms with E-state index in [4.69, 9.17) is 5.73 Å². The first-order chi connectivity index (χ1) is 9.08. The third kappa shape index (κ3) is 3.57. The zero-order valence-corrected chi connectivity index (χ0v) is 12.2. The van der Waals surface area contributed by atoms with Crippen molar-refractivity contribution in [2.45, 2.75) is 26.8 Å². The molecule has 0 fully saturated rings. The number of aromatic nitrogens is 2. The molecule has 0 amide bonds. The molecule has 1 unspecified atom stereocenters. The van der Waals surface area contributed by atoms with Gasteiger partial charge in [0.05, 0.1) is 6.04 Å². The van der Waals surface area contributed by atoms with E-state index >= 15 is 0 Å². The van der Waals surface area contributed by atoms with Crippen molar-refractivity contribution in [2.24, 2.45) is 0 Å². The van der Waals surface area contributed by atoms with Gasteiger partial charge in [-0.1, -0.05) is 0 Å². The first-order valence-corrected chi connectivity index (χ1v) is 7.11. The first kappa shape index (κ1) is 13.6. The lowest BCUT2D eigenvalue weighted by Gasteiger charge is -2.14. The van der Waals surface area contributed by atoms with E-state index in [0.717, 1.165) is 18.2 Å². The minimum absolute atomic E-state index is 0.197. The molecule has 1 atom stereocenters. The van der Waals surface area contributed by atoms with Crippen molar-refractivity contribution in [3.8, 4) is 0 Å². The van der Waals surface area contributed by atoms with Crippen molar-refractivity contribution in [1.82, 2.24) is 9.97 Å². The molecular weight excluding hydrogens is 258 g/mol. The molecule has 0 aromatic carbocycles. The van der Waals surface area contributed by atoms with Gasteiger partial charge < -0.3 is 16.4 Å². The van der Waals surface area contributed by atoms with Gasteiger partial charge in [0.1, 0.15) is 11.6 Å². The molecular formula is C13H19N5S. The summed E-state index contributed by atoms with van der Waals surface area (Å²) in [5.74, 6) is 1.75. The highest BCUT2D eigenvalue weighted by atomic mass is 32.1. The molecule has 0 aliphatic carbocycles. The van der Waals surface area contributed by atoms with E-state index in [1.807, 2.05) is 13.0 Å². The lowest BCUT2D eigenvalue weighted by Crippen LogP contribution is -2.10. The Kier molecular flexibility index (Phi) is 4.21. The minimum atomic E-state index is 0.197. The monoisotopic (exact) mass is 277 g/mol. The molecule has 5 nitrogen and oxygen atoms in total. The molecule has 0 saturated carbocycles. The van der Waals surface area contributed by atoms with Gasteiger partial charge in [-0.25, -0.2) is 0 Å². The maximum atomic E-state index is 5.71. The van der Waals surface area contributed by atoms with Crippen LogP contribution in [-0.4, -0.2) is 16.5 Å². The number of nitrogens with two attached hydrogens (primary N) is 1. The van der Waals surface area contributed by atoms with E-state index in [0.29, 0.717) is 0 Å². The fourth-order valence-electron chi connectivity index (χ4n) is 1.79. The number of anilines is 3. The van der Waals surface area contributed by atoms with Crippen molar-refractivity contribution in [2.75, 3.05) is 22.9 Å². The molecule has 4 N–H and O–H groups in total. The molecule has 2 rings (SSSR count). The highest BCUT2D eigenvalue weighted by molar-refractivity contribution is 7.12. The van der Waals surface area contributed by atoms with Crippen LogP contribution < -0.4 is 16.4 Å². The van der Waals surface area contributed by atoms with Crippen LogP contribution in [-0.2, 0) is 0 Å². The maximum absolute atomic E-state index is 5.71. The lowest BCUT2D eigenvalue weighted by molar-refractivity contribution is 0.894. The van der Waals surface area contributed by atoms with Gasteiger partial charge in [-0.05, 0) is 32.9 Å². The van der Waals surface area contributed by atoms with Crippen LogP contribution in [0.15, 0.2) is 18.2 Å². The van der Waals surface area contributed by atoms with Crippen LogP contribution in [0.25, 0.3) is 0 Å². The lowest BCUT2D eigenvalue weighted by atomic mass is 10.2. The fourth-order valence-corrected chi connectivity index (χ4v) is 2.67. The highest BCUT2D eigenvalue weighted by Gasteiger charge is 2.09. The predicted octanol–water partition coefficient (Wildman–Crippen LogP) is 3.03. The van der Waals surface area contributed by atoms with Gasteiger partial charge in [-0.15, -0.1) is 11.3 Å². The molecule has 2 heterocycles. The number of nitrogens with zero attached hydrogens (tertiary/aromatic N) is 2. The van der Waals surface area contributed by atoms with Crippen LogP contribution in [0, 0.1) is 6.92 Å². The van der Waals surface area contributed by atoms with E-state index < -0.39 is 0 Å². The summed E-state index contributed by atoms with van der Waals surface area (Å²) in [7, 11) is 0. The van der Waals surface area contributed by atoms with Gasteiger partial charge in [0.25, 0.3) is 0 Å². The first-order valence-electron chi connectivity index (χ1n) is 6.29. The number of thiophene rings is 1. The summed E-state index contributed by atoms with van der Waals surface area (Å²) in [5.41, 5.74) is 5.71. The van der Waals surface area contributed by atoms with Crippen LogP contribution in [0.1, 0.15) is 29.6 Å². The van der Waals surface area contributed by atoms with Crippen molar-refractivity contribution < 1.29 is 0 Å². The van der Waals surface area contributed by atoms with Crippen LogP contribution in [0.4, 0.5) is 17.6 Å².